The molecule has 1 heterocycles. The van der Waals surface area contributed by atoms with Crippen molar-refractivity contribution in [2.75, 3.05) is 0 Å². The molecule has 0 atom stereocenters. The lowest BCUT2D eigenvalue weighted by Gasteiger charge is -2.05. The maximum atomic E-state index is 11.2. The summed E-state index contributed by atoms with van der Waals surface area (Å²) in [5.74, 6) is -0.981. The molecule has 0 aliphatic heterocycles. The quantitative estimate of drug-likeness (QED) is 0.743. The maximum Gasteiger partial charge on any atom is 0.337 e. The van der Waals surface area contributed by atoms with Crippen molar-refractivity contribution in [2.24, 2.45) is 0 Å². The molecule has 88 valence electrons. The van der Waals surface area contributed by atoms with Gasteiger partial charge in [0.2, 0.25) is 0 Å². The SMILES string of the molecule is O=C(O)c1ccccc1-n1nnc2ccccc21. The third-order valence-electron chi connectivity index (χ3n) is 2.71. The van der Waals surface area contributed by atoms with Crippen molar-refractivity contribution >= 4 is 17.0 Å². The van der Waals surface area contributed by atoms with Gasteiger partial charge in [0.1, 0.15) is 5.52 Å². The molecule has 5 heteroatoms. The number of hydrogen-bond acceptors (Lipinski definition) is 3. The van der Waals surface area contributed by atoms with E-state index in [0.29, 0.717) is 5.69 Å². The van der Waals surface area contributed by atoms with E-state index in [4.69, 9.17) is 0 Å². The third kappa shape index (κ3) is 1.53. The fourth-order valence-electron chi connectivity index (χ4n) is 1.89. The second-order valence-electron chi connectivity index (χ2n) is 3.81. The second kappa shape index (κ2) is 3.96. The zero-order chi connectivity index (χ0) is 12.5. The minimum Gasteiger partial charge on any atom is -0.478 e. The molecule has 1 N–H and O–H groups in total. The van der Waals surface area contributed by atoms with Crippen molar-refractivity contribution in [3.05, 3.63) is 54.1 Å². The van der Waals surface area contributed by atoms with Crippen LogP contribution in [0.15, 0.2) is 48.5 Å². The Morgan fingerprint density at radius 2 is 1.78 bits per heavy atom. The van der Waals surface area contributed by atoms with Crippen LogP contribution in [0.2, 0.25) is 0 Å². The van der Waals surface area contributed by atoms with Crippen molar-refractivity contribution < 1.29 is 9.90 Å². The van der Waals surface area contributed by atoms with E-state index in [2.05, 4.69) is 10.3 Å². The van der Waals surface area contributed by atoms with Crippen LogP contribution in [0.1, 0.15) is 10.4 Å². The molecule has 0 bridgehead atoms. The first kappa shape index (κ1) is 10.5. The average Bonchev–Trinajstić information content (AvgIpc) is 2.82. The second-order valence-corrected chi connectivity index (χ2v) is 3.81. The van der Waals surface area contributed by atoms with E-state index in [1.54, 1.807) is 28.9 Å². The first-order valence-electron chi connectivity index (χ1n) is 5.40. The monoisotopic (exact) mass is 239 g/mol. The van der Waals surface area contributed by atoms with Crippen LogP contribution in [0.25, 0.3) is 16.7 Å². The summed E-state index contributed by atoms with van der Waals surface area (Å²) in [7, 11) is 0. The summed E-state index contributed by atoms with van der Waals surface area (Å²) in [6.45, 7) is 0. The summed E-state index contributed by atoms with van der Waals surface area (Å²) in [5.41, 5.74) is 2.23. The van der Waals surface area contributed by atoms with Gasteiger partial charge in [-0.2, -0.15) is 0 Å². The highest BCUT2D eigenvalue weighted by atomic mass is 16.4. The summed E-state index contributed by atoms with van der Waals surface area (Å²) in [6.07, 6.45) is 0. The summed E-state index contributed by atoms with van der Waals surface area (Å²) in [4.78, 5) is 11.2. The van der Waals surface area contributed by atoms with Crippen LogP contribution in [0, 0.1) is 0 Å². The van der Waals surface area contributed by atoms with Crippen LogP contribution in [0.4, 0.5) is 0 Å². The number of benzene rings is 2. The molecular formula is C13H9N3O2. The van der Waals surface area contributed by atoms with E-state index in [0.717, 1.165) is 11.0 Å². The van der Waals surface area contributed by atoms with Gasteiger partial charge in [0.15, 0.2) is 0 Å². The molecular weight excluding hydrogens is 230 g/mol. The fraction of sp³-hybridized carbons (Fsp3) is 0. The molecule has 0 unspecified atom stereocenters. The van der Waals surface area contributed by atoms with Crippen LogP contribution >= 0.6 is 0 Å². The zero-order valence-corrected chi connectivity index (χ0v) is 9.32. The molecule has 18 heavy (non-hydrogen) atoms. The van der Waals surface area contributed by atoms with E-state index in [-0.39, 0.29) is 5.56 Å². The molecule has 0 aliphatic carbocycles. The standard InChI is InChI=1S/C13H9N3O2/c17-13(18)9-5-1-3-7-11(9)16-12-8-4-2-6-10(12)14-15-16/h1-8H,(H,17,18). The van der Waals surface area contributed by atoms with E-state index in [1.807, 2.05) is 24.3 Å². The number of aromatic nitrogens is 3. The summed E-state index contributed by atoms with van der Waals surface area (Å²) in [6, 6.07) is 14.1. The predicted molar refractivity (Wildman–Crippen MR) is 65.8 cm³/mol. The van der Waals surface area contributed by atoms with Gasteiger partial charge in [-0.15, -0.1) is 5.10 Å². The van der Waals surface area contributed by atoms with Crippen LogP contribution in [-0.4, -0.2) is 26.1 Å². The topological polar surface area (TPSA) is 68.0 Å². The number of para-hydroxylation sites is 2. The van der Waals surface area contributed by atoms with Gasteiger partial charge in [-0.05, 0) is 24.3 Å². The first-order valence-corrected chi connectivity index (χ1v) is 5.40. The van der Waals surface area contributed by atoms with Gasteiger partial charge in [-0.3, -0.25) is 0 Å². The molecule has 0 saturated heterocycles. The van der Waals surface area contributed by atoms with Crippen molar-refractivity contribution in [1.82, 2.24) is 15.0 Å². The summed E-state index contributed by atoms with van der Waals surface area (Å²) < 4.78 is 1.54. The molecule has 0 aliphatic rings. The molecule has 0 radical (unpaired) electrons. The Morgan fingerprint density at radius 1 is 1.06 bits per heavy atom. The van der Waals surface area contributed by atoms with Crippen LogP contribution in [-0.2, 0) is 0 Å². The van der Waals surface area contributed by atoms with Crippen LogP contribution in [0.3, 0.4) is 0 Å². The molecule has 0 fully saturated rings. The lowest BCUT2D eigenvalue weighted by Crippen LogP contribution is -2.06. The highest BCUT2D eigenvalue weighted by Gasteiger charge is 2.13. The lowest BCUT2D eigenvalue weighted by molar-refractivity contribution is 0.0697. The Bertz CT molecular complexity index is 734. The number of nitrogens with zero attached hydrogens (tertiary/aromatic N) is 3. The Kier molecular flexibility index (Phi) is 2.30. The number of carbonyl (C=O) groups is 1. The van der Waals surface area contributed by atoms with Crippen molar-refractivity contribution in [1.29, 1.82) is 0 Å². The molecule has 0 spiro atoms. The summed E-state index contributed by atoms with van der Waals surface area (Å²) >= 11 is 0. The number of aromatic carboxylic acids is 1. The Morgan fingerprint density at radius 3 is 2.61 bits per heavy atom. The number of rotatable bonds is 2. The zero-order valence-electron chi connectivity index (χ0n) is 9.32. The summed E-state index contributed by atoms with van der Waals surface area (Å²) in [5, 5.41) is 17.2. The fourth-order valence-corrected chi connectivity index (χ4v) is 1.89. The van der Waals surface area contributed by atoms with Crippen molar-refractivity contribution in [2.45, 2.75) is 0 Å². The highest BCUT2D eigenvalue weighted by Crippen LogP contribution is 2.19. The molecule has 0 saturated carbocycles. The molecule has 3 rings (SSSR count). The van der Waals surface area contributed by atoms with Gasteiger partial charge in [0.05, 0.1) is 16.8 Å². The maximum absolute atomic E-state index is 11.2. The van der Waals surface area contributed by atoms with Gasteiger partial charge >= 0.3 is 5.97 Å². The molecule has 2 aromatic carbocycles. The molecule has 1 aromatic heterocycles. The molecule has 0 amide bonds. The van der Waals surface area contributed by atoms with Gasteiger partial charge in [-0.25, -0.2) is 9.48 Å². The smallest absolute Gasteiger partial charge is 0.337 e. The molecule has 5 nitrogen and oxygen atoms in total. The minimum atomic E-state index is -0.981. The molecule has 3 aromatic rings. The number of hydrogen-bond donors (Lipinski definition) is 1. The number of fused-ring (bicyclic) bond motifs is 1. The van der Waals surface area contributed by atoms with E-state index in [9.17, 15) is 9.90 Å². The lowest BCUT2D eigenvalue weighted by atomic mass is 10.2. The van der Waals surface area contributed by atoms with Crippen molar-refractivity contribution in [3.8, 4) is 5.69 Å². The van der Waals surface area contributed by atoms with E-state index >= 15 is 0 Å². The average molecular weight is 239 g/mol. The van der Waals surface area contributed by atoms with E-state index in [1.165, 1.54) is 0 Å². The van der Waals surface area contributed by atoms with Gasteiger partial charge < -0.3 is 5.11 Å². The number of carboxylic acid groups (broad SMARTS) is 1. The Labute approximate surface area is 102 Å². The number of carboxylic acids is 1. The van der Waals surface area contributed by atoms with Crippen molar-refractivity contribution in [3.63, 3.8) is 0 Å². The van der Waals surface area contributed by atoms with Gasteiger partial charge in [0, 0.05) is 0 Å². The Hall–Kier alpha value is -2.69. The minimum absolute atomic E-state index is 0.202. The first-order chi connectivity index (χ1) is 8.77. The largest absolute Gasteiger partial charge is 0.478 e. The predicted octanol–water partition coefficient (Wildman–Crippen LogP) is 2.12. The van der Waals surface area contributed by atoms with Gasteiger partial charge in [0.25, 0.3) is 0 Å². The third-order valence-corrected chi connectivity index (χ3v) is 2.71. The van der Waals surface area contributed by atoms with E-state index < -0.39 is 5.97 Å². The highest BCUT2D eigenvalue weighted by molar-refractivity contribution is 5.92. The van der Waals surface area contributed by atoms with Gasteiger partial charge in [-0.1, -0.05) is 29.5 Å². The van der Waals surface area contributed by atoms with Crippen LogP contribution < -0.4 is 0 Å². The Balaban J connectivity index is 2.30. The normalized spacial score (nSPS) is 10.7. The van der Waals surface area contributed by atoms with Crippen LogP contribution in [0.5, 0.6) is 0 Å².